The van der Waals surface area contributed by atoms with Gasteiger partial charge in [-0.15, -0.1) is 0 Å². The maximum Gasteiger partial charge on any atom is 0.169 e. The van der Waals surface area contributed by atoms with Crippen LogP contribution in [0.1, 0.15) is 39.0 Å². The van der Waals surface area contributed by atoms with Gasteiger partial charge in [-0.3, -0.25) is 9.69 Å². The second kappa shape index (κ2) is 3.93. The van der Waals surface area contributed by atoms with Crippen molar-refractivity contribution >= 4 is 5.78 Å². The van der Waals surface area contributed by atoms with Crippen LogP contribution in [0.25, 0.3) is 0 Å². The monoisotopic (exact) mass is 277 g/mol. The highest BCUT2D eigenvalue weighted by molar-refractivity contribution is 5.94. The Morgan fingerprint density at radius 1 is 1.40 bits per heavy atom. The molecule has 2 heterocycles. The van der Waals surface area contributed by atoms with Gasteiger partial charge in [0.15, 0.2) is 5.78 Å². The number of aliphatic hydroxyl groups is 2. The Balaban J connectivity index is 1.97. The third-order valence-electron chi connectivity index (χ3n) is 6.29. The van der Waals surface area contributed by atoms with E-state index in [2.05, 4.69) is 17.9 Å². The van der Waals surface area contributed by atoms with Gasteiger partial charge in [-0.05, 0) is 43.6 Å². The molecule has 2 N–H and O–H groups in total. The molecule has 6 atom stereocenters. The van der Waals surface area contributed by atoms with E-state index < -0.39 is 17.2 Å². The molecule has 2 bridgehead atoms. The fraction of sp³-hybridized carbons (Fsp3) is 0.812. The summed E-state index contributed by atoms with van der Waals surface area (Å²) in [6, 6.07) is 0. The molecule has 4 heteroatoms. The SMILES string of the molecule is C[C@H]1C[C@H]2C(=O)[C@@H](O)C3=CCCN4CCC[C@@]32[C@@]4(O)C1. The van der Waals surface area contributed by atoms with Crippen LogP contribution in [0.4, 0.5) is 0 Å². The highest BCUT2D eigenvalue weighted by atomic mass is 16.3. The topological polar surface area (TPSA) is 60.8 Å². The molecule has 0 aromatic rings. The van der Waals surface area contributed by atoms with Crippen LogP contribution in [0.5, 0.6) is 0 Å². The van der Waals surface area contributed by atoms with Gasteiger partial charge in [-0.2, -0.15) is 0 Å². The third-order valence-corrected chi connectivity index (χ3v) is 6.29. The second-order valence-corrected chi connectivity index (χ2v) is 7.23. The zero-order chi connectivity index (χ0) is 14.1. The van der Waals surface area contributed by atoms with E-state index in [1.54, 1.807) is 0 Å². The lowest BCUT2D eigenvalue weighted by Crippen LogP contribution is -2.67. The summed E-state index contributed by atoms with van der Waals surface area (Å²) in [7, 11) is 0. The van der Waals surface area contributed by atoms with Gasteiger partial charge in [0.2, 0.25) is 0 Å². The molecule has 20 heavy (non-hydrogen) atoms. The van der Waals surface area contributed by atoms with Gasteiger partial charge >= 0.3 is 0 Å². The molecular weight excluding hydrogens is 254 g/mol. The second-order valence-electron chi connectivity index (χ2n) is 7.23. The van der Waals surface area contributed by atoms with Crippen molar-refractivity contribution < 1.29 is 15.0 Å². The van der Waals surface area contributed by atoms with Crippen LogP contribution in [0, 0.1) is 17.3 Å². The van der Waals surface area contributed by atoms with Crippen LogP contribution in [0.15, 0.2) is 11.6 Å². The summed E-state index contributed by atoms with van der Waals surface area (Å²) in [6.07, 6.45) is 5.27. The Hall–Kier alpha value is -0.710. The largest absolute Gasteiger partial charge is 0.381 e. The average molecular weight is 277 g/mol. The van der Waals surface area contributed by atoms with E-state index in [0.29, 0.717) is 5.92 Å². The van der Waals surface area contributed by atoms with Crippen LogP contribution in [-0.2, 0) is 4.79 Å². The maximum atomic E-state index is 12.6. The third kappa shape index (κ3) is 1.26. The first-order valence-electron chi connectivity index (χ1n) is 7.90. The Bertz CT molecular complexity index is 502. The van der Waals surface area contributed by atoms with Gasteiger partial charge in [-0.25, -0.2) is 0 Å². The van der Waals surface area contributed by atoms with Crippen molar-refractivity contribution in [1.29, 1.82) is 0 Å². The number of hydrogen-bond acceptors (Lipinski definition) is 4. The van der Waals surface area contributed by atoms with Gasteiger partial charge in [0.05, 0.1) is 0 Å². The molecule has 2 aliphatic carbocycles. The van der Waals surface area contributed by atoms with Crippen molar-refractivity contribution in [3.8, 4) is 0 Å². The number of piperidine rings is 1. The zero-order valence-electron chi connectivity index (χ0n) is 12.0. The van der Waals surface area contributed by atoms with Gasteiger partial charge in [0, 0.05) is 24.4 Å². The van der Waals surface area contributed by atoms with Crippen LogP contribution >= 0.6 is 0 Å². The Morgan fingerprint density at radius 2 is 2.20 bits per heavy atom. The minimum atomic E-state index is -0.977. The normalized spacial score (nSPS) is 54.1. The van der Waals surface area contributed by atoms with E-state index in [9.17, 15) is 15.0 Å². The van der Waals surface area contributed by atoms with Crippen molar-refractivity contribution in [1.82, 2.24) is 4.90 Å². The van der Waals surface area contributed by atoms with Crippen molar-refractivity contribution in [2.24, 2.45) is 17.3 Å². The highest BCUT2D eigenvalue weighted by Crippen LogP contribution is 2.65. The molecule has 0 aromatic heterocycles. The van der Waals surface area contributed by atoms with Crippen LogP contribution in [-0.4, -0.2) is 45.8 Å². The summed E-state index contributed by atoms with van der Waals surface area (Å²) in [5, 5.41) is 22.0. The van der Waals surface area contributed by atoms with E-state index in [0.717, 1.165) is 50.8 Å². The van der Waals surface area contributed by atoms with Gasteiger partial charge in [-0.1, -0.05) is 13.0 Å². The minimum absolute atomic E-state index is 0.0509. The molecule has 110 valence electrons. The molecule has 1 spiro atoms. The standard InChI is InChI=1S/C16H23NO3/c1-10-8-12-14(19)13(18)11-4-2-6-17-7-3-5-15(11,12)16(17,20)9-10/h4,10,12-13,18,20H,2-3,5-9H2,1H3/t10-,12-,13-,15+,16-/m0/s1. The lowest BCUT2D eigenvalue weighted by Gasteiger charge is -2.60. The Morgan fingerprint density at radius 3 is 3.00 bits per heavy atom. The number of Topliss-reactive ketones (excluding diaryl/α,β-unsaturated/α-hetero) is 1. The first-order valence-corrected chi connectivity index (χ1v) is 7.90. The molecule has 4 aliphatic rings. The van der Waals surface area contributed by atoms with Gasteiger partial charge < -0.3 is 10.2 Å². The molecule has 0 aromatic carbocycles. The number of nitrogens with zero attached hydrogens (tertiary/aromatic N) is 1. The van der Waals surface area contributed by atoms with Crippen LogP contribution in [0.2, 0.25) is 0 Å². The lowest BCUT2D eigenvalue weighted by atomic mass is 9.55. The summed E-state index contributed by atoms with van der Waals surface area (Å²) < 4.78 is 0. The van der Waals surface area contributed by atoms with E-state index >= 15 is 0 Å². The molecule has 0 radical (unpaired) electrons. The quantitative estimate of drug-likeness (QED) is 0.650. The first-order chi connectivity index (χ1) is 9.50. The van der Waals surface area contributed by atoms with Gasteiger partial charge in [0.25, 0.3) is 0 Å². The Kier molecular flexibility index (Phi) is 2.55. The maximum absolute atomic E-state index is 12.6. The summed E-state index contributed by atoms with van der Waals surface area (Å²) >= 11 is 0. The van der Waals surface area contributed by atoms with E-state index in [4.69, 9.17) is 0 Å². The predicted molar refractivity (Wildman–Crippen MR) is 73.8 cm³/mol. The van der Waals surface area contributed by atoms with E-state index in [1.165, 1.54) is 0 Å². The van der Waals surface area contributed by atoms with Crippen LogP contribution < -0.4 is 0 Å². The number of ketones is 1. The van der Waals surface area contributed by atoms with Crippen molar-refractivity contribution in [2.75, 3.05) is 13.1 Å². The average Bonchev–Trinajstić information content (AvgIpc) is 2.58. The van der Waals surface area contributed by atoms with Gasteiger partial charge in [0.1, 0.15) is 11.8 Å². The fourth-order valence-corrected chi connectivity index (χ4v) is 5.64. The summed E-state index contributed by atoms with van der Waals surface area (Å²) in [4.78, 5) is 14.7. The molecule has 1 unspecified atom stereocenters. The van der Waals surface area contributed by atoms with E-state index in [-0.39, 0.29) is 11.7 Å². The zero-order valence-corrected chi connectivity index (χ0v) is 12.0. The lowest BCUT2D eigenvalue weighted by molar-refractivity contribution is -0.240. The highest BCUT2D eigenvalue weighted by Gasteiger charge is 2.70. The molecule has 1 saturated heterocycles. The fourth-order valence-electron chi connectivity index (χ4n) is 5.64. The minimum Gasteiger partial charge on any atom is -0.381 e. The molecule has 4 rings (SSSR count). The summed E-state index contributed by atoms with van der Waals surface area (Å²) in [5.41, 5.74) is -0.600. The summed E-state index contributed by atoms with van der Waals surface area (Å²) in [6.45, 7) is 3.86. The molecule has 4 nitrogen and oxygen atoms in total. The van der Waals surface area contributed by atoms with Crippen molar-refractivity contribution in [2.45, 2.75) is 50.9 Å². The number of carbonyl (C=O) groups is 1. The molecular formula is C16H23NO3. The van der Waals surface area contributed by atoms with Crippen molar-refractivity contribution in [3.05, 3.63) is 11.6 Å². The first kappa shape index (κ1) is 13.0. The number of aliphatic hydroxyl groups excluding tert-OH is 1. The molecule has 2 aliphatic heterocycles. The number of carbonyl (C=O) groups excluding carboxylic acids is 1. The predicted octanol–water partition coefficient (Wildman–Crippen LogP) is 1.08. The molecule has 0 amide bonds. The summed E-state index contributed by atoms with van der Waals surface area (Å²) in [5.74, 6) is 0.0794. The Labute approximate surface area is 119 Å². The number of rotatable bonds is 0. The van der Waals surface area contributed by atoms with E-state index in [1.807, 2.05) is 0 Å². The number of hydrogen-bond donors (Lipinski definition) is 2. The van der Waals surface area contributed by atoms with Crippen molar-refractivity contribution in [3.63, 3.8) is 0 Å². The molecule has 3 fully saturated rings. The molecule has 2 saturated carbocycles. The smallest absolute Gasteiger partial charge is 0.169 e. The van der Waals surface area contributed by atoms with Crippen LogP contribution in [0.3, 0.4) is 0 Å².